The maximum absolute atomic E-state index is 12.0. The molecule has 0 radical (unpaired) electrons. The van der Waals surface area contributed by atoms with E-state index in [1.165, 1.54) is 6.39 Å². The van der Waals surface area contributed by atoms with Crippen molar-refractivity contribution in [3.05, 3.63) is 52.5 Å². The molecule has 3 aromatic rings. The van der Waals surface area contributed by atoms with Gasteiger partial charge in [-0.05, 0) is 23.6 Å². The highest BCUT2D eigenvalue weighted by molar-refractivity contribution is 7.09. The highest BCUT2D eigenvalue weighted by Crippen LogP contribution is 2.17. The van der Waals surface area contributed by atoms with Crippen molar-refractivity contribution in [3.63, 3.8) is 0 Å². The number of para-hydroxylation sites is 1. The molecule has 0 atom stereocenters. The van der Waals surface area contributed by atoms with Gasteiger partial charge in [-0.2, -0.15) is 0 Å². The summed E-state index contributed by atoms with van der Waals surface area (Å²) in [5.74, 6) is -0.958. The Balaban J connectivity index is 1.56. The van der Waals surface area contributed by atoms with Crippen LogP contribution in [0.1, 0.15) is 15.2 Å². The van der Waals surface area contributed by atoms with Gasteiger partial charge < -0.3 is 14.5 Å². The van der Waals surface area contributed by atoms with Gasteiger partial charge in [0.15, 0.2) is 18.6 Å². The Morgan fingerprint density at radius 2 is 2.18 bits per heavy atom. The second-order valence-corrected chi connectivity index (χ2v) is 5.47. The number of benzene rings is 1. The second-order valence-electron chi connectivity index (χ2n) is 4.44. The minimum Gasteiger partial charge on any atom is -0.452 e. The molecule has 2 aromatic heterocycles. The summed E-state index contributed by atoms with van der Waals surface area (Å²) in [5, 5.41) is 4.61. The van der Waals surface area contributed by atoms with Crippen LogP contribution in [0.15, 0.2) is 46.5 Å². The highest BCUT2D eigenvalue weighted by atomic mass is 32.1. The van der Waals surface area contributed by atoms with Crippen molar-refractivity contribution in [1.82, 2.24) is 10.3 Å². The molecule has 1 N–H and O–H groups in total. The van der Waals surface area contributed by atoms with Crippen molar-refractivity contribution in [2.45, 2.75) is 6.54 Å². The lowest BCUT2D eigenvalue weighted by Crippen LogP contribution is -2.28. The van der Waals surface area contributed by atoms with E-state index in [1.54, 1.807) is 29.5 Å². The van der Waals surface area contributed by atoms with Gasteiger partial charge in [-0.1, -0.05) is 12.1 Å². The van der Waals surface area contributed by atoms with Crippen LogP contribution in [-0.2, 0) is 16.1 Å². The van der Waals surface area contributed by atoms with Crippen molar-refractivity contribution < 1.29 is 18.7 Å². The van der Waals surface area contributed by atoms with Crippen LogP contribution in [0.5, 0.6) is 0 Å². The van der Waals surface area contributed by atoms with Crippen molar-refractivity contribution in [3.8, 4) is 0 Å². The van der Waals surface area contributed by atoms with E-state index in [0.29, 0.717) is 17.6 Å². The molecule has 0 saturated heterocycles. The van der Waals surface area contributed by atoms with Crippen LogP contribution in [-0.4, -0.2) is 23.5 Å². The van der Waals surface area contributed by atoms with Crippen LogP contribution in [0.3, 0.4) is 0 Å². The molecule has 0 fully saturated rings. The Morgan fingerprint density at radius 3 is 3.00 bits per heavy atom. The maximum atomic E-state index is 12.0. The fourth-order valence-corrected chi connectivity index (χ4v) is 2.55. The van der Waals surface area contributed by atoms with Crippen molar-refractivity contribution in [2.24, 2.45) is 0 Å². The number of ether oxygens (including phenoxy) is 1. The van der Waals surface area contributed by atoms with E-state index in [-0.39, 0.29) is 18.1 Å². The standard InChI is InChI=1S/C15H12N2O4S/c18-13(16-7-10-3-2-6-22-10)8-20-15(19)11-4-1-5-12-14(11)17-9-21-12/h1-6,9H,7-8H2,(H,16,18). The smallest absolute Gasteiger partial charge is 0.340 e. The van der Waals surface area contributed by atoms with Gasteiger partial charge in [0.25, 0.3) is 5.91 Å². The first-order valence-electron chi connectivity index (χ1n) is 6.52. The zero-order valence-corrected chi connectivity index (χ0v) is 12.3. The van der Waals surface area contributed by atoms with Crippen LogP contribution in [0.25, 0.3) is 11.1 Å². The first-order valence-corrected chi connectivity index (χ1v) is 7.40. The van der Waals surface area contributed by atoms with E-state index in [2.05, 4.69) is 10.3 Å². The number of fused-ring (bicyclic) bond motifs is 1. The summed E-state index contributed by atoms with van der Waals surface area (Å²) >= 11 is 1.55. The van der Waals surface area contributed by atoms with Crippen LogP contribution in [0.2, 0.25) is 0 Å². The lowest BCUT2D eigenvalue weighted by Gasteiger charge is -2.06. The van der Waals surface area contributed by atoms with E-state index in [0.717, 1.165) is 4.88 Å². The molecule has 0 aliphatic carbocycles. The quantitative estimate of drug-likeness (QED) is 0.731. The van der Waals surface area contributed by atoms with Gasteiger partial charge in [0, 0.05) is 4.88 Å². The molecule has 112 valence electrons. The van der Waals surface area contributed by atoms with E-state index >= 15 is 0 Å². The van der Waals surface area contributed by atoms with Crippen molar-refractivity contribution in [2.75, 3.05) is 6.61 Å². The van der Waals surface area contributed by atoms with Gasteiger partial charge in [0.1, 0.15) is 5.52 Å². The van der Waals surface area contributed by atoms with Gasteiger partial charge in [0.2, 0.25) is 0 Å². The van der Waals surface area contributed by atoms with Crippen LogP contribution in [0.4, 0.5) is 0 Å². The molecule has 3 rings (SSSR count). The Morgan fingerprint density at radius 1 is 1.27 bits per heavy atom. The molecule has 0 bridgehead atoms. The average molecular weight is 316 g/mol. The number of nitrogens with zero attached hydrogens (tertiary/aromatic N) is 1. The van der Waals surface area contributed by atoms with Gasteiger partial charge in [-0.3, -0.25) is 4.79 Å². The molecule has 0 saturated carbocycles. The lowest BCUT2D eigenvalue weighted by molar-refractivity contribution is -0.124. The molecule has 22 heavy (non-hydrogen) atoms. The molecule has 1 aromatic carbocycles. The number of carbonyl (C=O) groups excluding carboxylic acids is 2. The predicted molar refractivity (Wildman–Crippen MR) is 80.5 cm³/mol. The first kappa shape index (κ1) is 14.3. The number of thiophene rings is 1. The summed E-state index contributed by atoms with van der Waals surface area (Å²) in [6.07, 6.45) is 1.26. The van der Waals surface area contributed by atoms with E-state index in [1.807, 2.05) is 17.5 Å². The molecular formula is C15H12N2O4S. The summed E-state index contributed by atoms with van der Waals surface area (Å²) in [6, 6.07) is 8.78. The summed E-state index contributed by atoms with van der Waals surface area (Å²) in [4.78, 5) is 28.7. The zero-order valence-electron chi connectivity index (χ0n) is 11.4. The molecule has 6 nitrogen and oxygen atoms in total. The fourth-order valence-electron chi connectivity index (χ4n) is 1.91. The van der Waals surface area contributed by atoms with E-state index < -0.39 is 5.97 Å². The number of amides is 1. The molecule has 0 aliphatic rings. The largest absolute Gasteiger partial charge is 0.452 e. The number of rotatable bonds is 5. The van der Waals surface area contributed by atoms with Gasteiger partial charge in [0.05, 0.1) is 12.1 Å². The summed E-state index contributed by atoms with van der Waals surface area (Å²) in [5.41, 5.74) is 1.19. The van der Waals surface area contributed by atoms with Crippen molar-refractivity contribution in [1.29, 1.82) is 0 Å². The third kappa shape index (κ3) is 3.15. The summed E-state index contributed by atoms with van der Waals surface area (Å²) < 4.78 is 10.1. The second kappa shape index (κ2) is 6.40. The minimum atomic E-state index is -0.606. The van der Waals surface area contributed by atoms with Gasteiger partial charge in [-0.15, -0.1) is 11.3 Å². The highest BCUT2D eigenvalue weighted by Gasteiger charge is 2.15. The third-order valence-corrected chi connectivity index (χ3v) is 3.83. The normalized spacial score (nSPS) is 10.5. The van der Waals surface area contributed by atoms with Crippen LogP contribution < -0.4 is 5.32 Å². The minimum absolute atomic E-state index is 0.275. The molecule has 7 heteroatoms. The Bertz CT molecular complexity index is 795. The molecule has 0 unspecified atom stereocenters. The SMILES string of the molecule is O=C(COC(=O)c1cccc2ocnc12)NCc1cccs1. The fraction of sp³-hybridized carbons (Fsp3) is 0.133. The van der Waals surface area contributed by atoms with Gasteiger partial charge in [-0.25, -0.2) is 9.78 Å². The summed E-state index contributed by atoms with van der Waals surface area (Å²) in [7, 11) is 0. The Hall–Kier alpha value is -2.67. The molecule has 1 amide bonds. The number of carbonyl (C=O) groups is 2. The molecular weight excluding hydrogens is 304 g/mol. The molecule has 2 heterocycles. The first-order chi connectivity index (χ1) is 10.7. The predicted octanol–water partition coefficient (Wildman–Crippen LogP) is 2.36. The van der Waals surface area contributed by atoms with E-state index in [4.69, 9.17) is 9.15 Å². The monoisotopic (exact) mass is 316 g/mol. The number of aromatic nitrogens is 1. The Kier molecular flexibility index (Phi) is 4.15. The van der Waals surface area contributed by atoms with Crippen molar-refractivity contribution >= 4 is 34.3 Å². The number of oxazole rings is 1. The maximum Gasteiger partial charge on any atom is 0.340 e. The van der Waals surface area contributed by atoms with Gasteiger partial charge >= 0.3 is 5.97 Å². The van der Waals surface area contributed by atoms with Crippen LogP contribution in [0, 0.1) is 0 Å². The van der Waals surface area contributed by atoms with E-state index in [9.17, 15) is 9.59 Å². The Labute approximate surface area is 129 Å². The number of nitrogens with one attached hydrogen (secondary N) is 1. The summed E-state index contributed by atoms with van der Waals surface area (Å²) in [6.45, 7) is 0.0887. The topological polar surface area (TPSA) is 81.4 Å². The number of esters is 1. The number of hydrogen-bond donors (Lipinski definition) is 1. The third-order valence-electron chi connectivity index (χ3n) is 2.95. The number of hydrogen-bond acceptors (Lipinski definition) is 6. The zero-order chi connectivity index (χ0) is 15.4. The lowest BCUT2D eigenvalue weighted by atomic mass is 10.2. The molecule has 0 spiro atoms. The van der Waals surface area contributed by atoms with Crippen LogP contribution >= 0.6 is 11.3 Å². The average Bonchev–Trinajstić information content (AvgIpc) is 3.20. The molecule has 0 aliphatic heterocycles.